The van der Waals surface area contributed by atoms with Crippen LogP contribution in [-0.4, -0.2) is 15.3 Å². The molecule has 3 nitrogen and oxygen atoms in total. The minimum absolute atomic E-state index is 0. The van der Waals surface area contributed by atoms with Crippen molar-refractivity contribution in [2.45, 2.75) is 0 Å². The Morgan fingerprint density at radius 1 is 0.800 bits per heavy atom. The van der Waals surface area contributed by atoms with E-state index >= 15 is 0 Å². The maximum atomic E-state index is 8.67. The fraction of sp³-hybridized carbons (Fsp3) is 0. The first kappa shape index (κ1) is 9.62. The molecule has 0 bridgehead atoms. The van der Waals surface area contributed by atoms with Gasteiger partial charge in [-0.25, -0.2) is 0 Å². The summed E-state index contributed by atoms with van der Waals surface area (Å²) in [5.74, 6) is -0.437. The van der Waals surface area contributed by atoms with Crippen molar-refractivity contribution in [3.05, 3.63) is 18.2 Å². The van der Waals surface area contributed by atoms with E-state index in [0.29, 0.717) is 0 Å². The van der Waals surface area contributed by atoms with Gasteiger partial charge in [0.25, 0.3) is 0 Å². The van der Waals surface area contributed by atoms with Crippen LogP contribution in [0, 0.1) is 0 Å². The molecule has 0 radical (unpaired) electrons. The Bertz CT molecular complexity index is 179. The van der Waals surface area contributed by atoms with Gasteiger partial charge in [0.1, 0.15) is 17.2 Å². The minimum Gasteiger partial charge on any atom is -1.00 e. The molecule has 1 rings (SSSR count). The van der Waals surface area contributed by atoms with Crippen molar-refractivity contribution in [1.82, 2.24) is 0 Å². The van der Waals surface area contributed by atoms with Gasteiger partial charge in [-0.1, -0.05) is 0 Å². The average Bonchev–Trinajstić information content (AvgIpc) is 1.59. The van der Waals surface area contributed by atoms with Gasteiger partial charge < -0.3 is 16.7 Å². The smallest absolute Gasteiger partial charge is 1.00 e. The second-order valence-corrected chi connectivity index (χ2v) is 1.71. The molecule has 0 aliphatic heterocycles. The van der Waals surface area contributed by atoms with Crippen molar-refractivity contribution in [2.75, 3.05) is 0 Å². The molecule has 0 amide bonds. The number of phenolic OH excluding ortho intramolecular Hbond substituents is 3. The second-order valence-electron chi connectivity index (χ2n) is 1.71. The van der Waals surface area contributed by atoms with E-state index in [0.717, 1.165) is 18.2 Å². The number of rotatable bonds is 0. The van der Waals surface area contributed by atoms with Crippen molar-refractivity contribution in [1.29, 1.82) is 0 Å². The van der Waals surface area contributed by atoms with Crippen LogP contribution in [0.15, 0.2) is 18.2 Å². The van der Waals surface area contributed by atoms with Gasteiger partial charge in [0.05, 0.1) is 0 Å². The summed E-state index contributed by atoms with van der Waals surface area (Å²) in [5, 5.41) is 26.0. The first-order valence-electron chi connectivity index (χ1n) is 2.40. The zero-order valence-electron chi connectivity index (χ0n) is 6.57. The van der Waals surface area contributed by atoms with Gasteiger partial charge in [-0.3, -0.25) is 0 Å². The molecule has 0 heterocycles. The summed E-state index contributed by atoms with van der Waals surface area (Å²) >= 11 is 0. The van der Waals surface area contributed by atoms with Crippen LogP contribution in [-0.2, 0) is 0 Å². The number of hydrogen-bond acceptors (Lipinski definition) is 3. The summed E-state index contributed by atoms with van der Waals surface area (Å²) in [6.45, 7) is 0. The molecular formula is C6H7NaO3. The Morgan fingerprint density at radius 3 is 1.20 bits per heavy atom. The monoisotopic (exact) mass is 150 g/mol. The van der Waals surface area contributed by atoms with Crippen molar-refractivity contribution in [3.8, 4) is 17.2 Å². The molecule has 0 saturated heterocycles. The van der Waals surface area contributed by atoms with Crippen molar-refractivity contribution in [3.63, 3.8) is 0 Å². The molecule has 50 valence electrons. The van der Waals surface area contributed by atoms with E-state index in [1.807, 2.05) is 0 Å². The van der Waals surface area contributed by atoms with Gasteiger partial charge in [0, 0.05) is 18.2 Å². The first-order chi connectivity index (χ1) is 4.18. The van der Waals surface area contributed by atoms with E-state index in [1.54, 1.807) is 0 Å². The Morgan fingerprint density at radius 2 is 1.00 bits per heavy atom. The molecular weight excluding hydrogens is 143 g/mol. The van der Waals surface area contributed by atoms with Gasteiger partial charge in [-0.2, -0.15) is 0 Å². The van der Waals surface area contributed by atoms with E-state index in [1.165, 1.54) is 0 Å². The van der Waals surface area contributed by atoms with Crippen molar-refractivity contribution in [2.24, 2.45) is 0 Å². The molecule has 3 N–H and O–H groups in total. The van der Waals surface area contributed by atoms with Crippen LogP contribution in [0.1, 0.15) is 1.43 Å². The predicted molar refractivity (Wildman–Crippen MR) is 32.5 cm³/mol. The van der Waals surface area contributed by atoms with E-state index < -0.39 is 0 Å². The van der Waals surface area contributed by atoms with E-state index in [4.69, 9.17) is 15.3 Å². The zero-order chi connectivity index (χ0) is 6.85. The Hall–Kier alpha value is -0.380. The zero-order valence-corrected chi connectivity index (χ0v) is 7.57. The van der Waals surface area contributed by atoms with Gasteiger partial charge in [0.2, 0.25) is 0 Å². The third-order valence-electron chi connectivity index (χ3n) is 0.887. The Balaban J connectivity index is 0. The molecule has 10 heavy (non-hydrogen) atoms. The van der Waals surface area contributed by atoms with Gasteiger partial charge >= 0.3 is 29.6 Å². The summed E-state index contributed by atoms with van der Waals surface area (Å²) in [5.41, 5.74) is 0. The molecule has 0 aromatic heterocycles. The molecule has 0 unspecified atom stereocenters. The maximum absolute atomic E-state index is 8.67. The maximum Gasteiger partial charge on any atom is 1.00 e. The van der Waals surface area contributed by atoms with Crippen LogP contribution in [0.5, 0.6) is 17.2 Å². The molecule has 4 heteroatoms. The van der Waals surface area contributed by atoms with E-state index in [2.05, 4.69) is 0 Å². The van der Waals surface area contributed by atoms with Crippen LogP contribution < -0.4 is 29.6 Å². The quantitative estimate of drug-likeness (QED) is 0.372. The van der Waals surface area contributed by atoms with Crippen molar-refractivity contribution >= 4 is 0 Å². The molecule has 1 aromatic rings. The average molecular weight is 150 g/mol. The number of phenols is 3. The second kappa shape index (κ2) is 3.71. The normalized spacial score (nSPS) is 8.40. The molecule has 0 fully saturated rings. The summed E-state index contributed by atoms with van der Waals surface area (Å²) in [7, 11) is 0. The van der Waals surface area contributed by atoms with Crippen LogP contribution in [0.2, 0.25) is 0 Å². The van der Waals surface area contributed by atoms with Crippen molar-refractivity contribution < 1.29 is 46.3 Å². The topological polar surface area (TPSA) is 60.7 Å². The summed E-state index contributed by atoms with van der Waals surface area (Å²) in [6, 6.07) is 3.42. The molecule has 0 atom stereocenters. The SMILES string of the molecule is Oc1cc(O)cc(O)c1.[H-].[Na+]. The molecule has 0 spiro atoms. The van der Waals surface area contributed by atoms with Gasteiger partial charge in [0.15, 0.2) is 0 Å². The van der Waals surface area contributed by atoms with E-state index in [-0.39, 0.29) is 48.2 Å². The number of aromatic hydroxyl groups is 3. The summed E-state index contributed by atoms with van der Waals surface area (Å²) in [4.78, 5) is 0. The fourth-order valence-corrected chi connectivity index (χ4v) is 0.580. The van der Waals surface area contributed by atoms with Crippen LogP contribution in [0.25, 0.3) is 0 Å². The Kier molecular flexibility index (Phi) is 3.57. The third kappa shape index (κ3) is 2.47. The largest absolute Gasteiger partial charge is 1.00 e. The van der Waals surface area contributed by atoms with Crippen LogP contribution in [0.4, 0.5) is 0 Å². The fourth-order valence-electron chi connectivity index (χ4n) is 0.580. The van der Waals surface area contributed by atoms with Gasteiger partial charge in [-0.15, -0.1) is 0 Å². The minimum atomic E-state index is -0.146. The number of hydrogen-bond donors (Lipinski definition) is 3. The predicted octanol–water partition coefficient (Wildman–Crippen LogP) is -2.08. The van der Waals surface area contributed by atoms with Crippen LogP contribution >= 0.6 is 0 Å². The molecule has 0 saturated carbocycles. The number of benzene rings is 1. The standard InChI is InChI=1S/C6H6O3.Na.H/c7-4-1-5(8)3-6(9)2-4;;/h1-3,7-9H;;/q;+1;-1. The van der Waals surface area contributed by atoms with E-state index in [9.17, 15) is 0 Å². The Labute approximate surface area is 81.7 Å². The molecule has 1 aromatic carbocycles. The van der Waals surface area contributed by atoms with Gasteiger partial charge in [-0.05, 0) is 0 Å². The summed E-state index contributed by atoms with van der Waals surface area (Å²) < 4.78 is 0. The third-order valence-corrected chi connectivity index (χ3v) is 0.887. The molecule has 0 aliphatic carbocycles. The molecule has 0 aliphatic rings. The first-order valence-corrected chi connectivity index (χ1v) is 2.40. The summed E-state index contributed by atoms with van der Waals surface area (Å²) in [6.07, 6.45) is 0. The van der Waals surface area contributed by atoms with Crippen LogP contribution in [0.3, 0.4) is 0 Å².